The van der Waals surface area contributed by atoms with Gasteiger partial charge >= 0.3 is 0 Å². The minimum atomic E-state index is -0.870. The van der Waals surface area contributed by atoms with Gasteiger partial charge in [-0.25, -0.2) is 0 Å². The number of anilines is 1. The molecule has 1 aromatic carbocycles. The van der Waals surface area contributed by atoms with Crippen molar-refractivity contribution in [3.8, 4) is 0 Å². The molecule has 1 atom stereocenters. The SMILES string of the molecule is Nc1ccccc1C1(O)CCOC1. The zero-order chi connectivity index (χ0) is 9.31. The Hall–Kier alpha value is -1.06. The Morgan fingerprint density at radius 2 is 2.15 bits per heavy atom. The summed E-state index contributed by atoms with van der Waals surface area (Å²) in [5.74, 6) is 0. The molecule has 0 radical (unpaired) electrons. The Morgan fingerprint density at radius 3 is 2.77 bits per heavy atom. The minimum absolute atomic E-state index is 0.348. The van der Waals surface area contributed by atoms with Crippen LogP contribution in [0.4, 0.5) is 5.69 Å². The lowest BCUT2D eigenvalue weighted by atomic mass is 9.92. The van der Waals surface area contributed by atoms with Gasteiger partial charge in [-0.1, -0.05) is 18.2 Å². The van der Waals surface area contributed by atoms with Crippen molar-refractivity contribution in [2.75, 3.05) is 18.9 Å². The van der Waals surface area contributed by atoms with Crippen LogP contribution in [-0.2, 0) is 10.3 Å². The van der Waals surface area contributed by atoms with Gasteiger partial charge in [0.15, 0.2) is 0 Å². The number of hydrogen-bond acceptors (Lipinski definition) is 3. The zero-order valence-corrected chi connectivity index (χ0v) is 7.36. The van der Waals surface area contributed by atoms with E-state index in [1.165, 1.54) is 0 Å². The summed E-state index contributed by atoms with van der Waals surface area (Å²) in [5, 5.41) is 10.1. The number of nitrogen functional groups attached to an aromatic ring is 1. The maximum absolute atomic E-state index is 10.1. The van der Waals surface area contributed by atoms with Crippen LogP contribution in [-0.4, -0.2) is 18.3 Å². The molecule has 1 aromatic rings. The fourth-order valence-corrected chi connectivity index (χ4v) is 1.69. The molecule has 13 heavy (non-hydrogen) atoms. The lowest BCUT2D eigenvalue weighted by Gasteiger charge is -2.22. The summed E-state index contributed by atoms with van der Waals surface area (Å²) in [5.41, 5.74) is 6.32. The largest absolute Gasteiger partial charge is 0.398 e. The molecule has 1 aliphatic heterocycles. The summed E-state index contributed by atoms with van der Waals surface area (Å²) in [7, 11) is 0. The van der Waals surface area contributed by atoms with Crippen LogP contribution in [0.2, 0.25) is 0 Å². The van der Waals surface area contributed by atoms with E-state index in [2.05, 4.69) is 0 Å². The third-order valence-corrected chi connectivity index (χ3v) is 2.46. The van der Waals surface area contributed by atoms with Crippen LogP contribution in [0.1, 0.15) is 12.0 Å². The molecule has 1 aliphatic rings. The zero-order valence-electron chi connectivity index (χ0n) is 7.36. The standard InChI is InChI=1S/C10H13NO2/c11-9-4-2-1-3-8(9)10(12)5-6-13-7-10/h1-4,12H,5-7,11H2. The van der Waals surface area contributed by atoms with Crippen LogP contribution >= 0.6 is 0 Å². The van der Waals surface area contributed by atoms with Crippen LogP contribution in [0.25, 0.3) is 0 Å². The maximum Gasteiger partial charge on any atom is 0.117 e. The van der Waals surface area contributed by atoms with E-state index in [-0.39, 0.29) is 0 Å². The van der Waals surface area contributed by atoms with Crippen LogP contribution < -0.4 is 5.73 Å². The van der Waals surface area contributed by atoms with Gasteiger partial charge in [0.25, 0.3) is 0 Å². The second-order valence-corrected chi connectivity index (χ2v) is 3.42. The van der Waals surface area contributed by atoms with Gasteiger partial charge in [-0.2, -0.15) is 0 Å². The lowest BCUT2D eigenvalue weighted by molar-refractivity contribution is 0.0238. The molecule has 3 heteroatoms. The fraction of sp³-hybridized carbons (Fsp3) is 0.400. The van der Waals surface area contributed by atoms with E-state index in [4.69, 9.17) is 10.5 Å². The number of nitrogens with two attached hydrogens (primary N) is 1. The van der Waals surface area contributed by atoms with Crippen LogP contribution in [0, 0.1) is 0 Å². The van der Waals surface area contributed by atoms with E-state index in [9.17, 15) is 5.11 Å². The molecular formula is C10H13NO2. The first-order chi connectivity index (χ1) is 6.22. The van der Waals surface area contributed by atoms with E-state index in [0.29, 0.717) is 25.3 Å². The van der Waals surface area contributed by atoms with Crippen molar-refractivity contribution >= 4 is 5.69 Å². The predicted octanol–water partition coefficient (Wildman–Crippen LogP) is 0.877. The van der Waals surface area contributed by atoms with Crippen molar-refractivity contribution in [3.05, 3.63) is 29.8 Å². The molecule has 2 rings (SSSR count). The van der Waals surface area contributed by atoms with Gasteiger partial charge in [0.05, 0.1) is 6.61 Å². The predicted molar refractivity (Wildman–Crippen MR) is 50.2 cm³/mol. The number of benzene rings is 1. The Morgan fingerprint density at radius 1 is 1.38 bits per heavy atom. The molecule has 0 spiro atoms. The quantitative estimate of drug-likeness (QED) is 0.629. The van der Waals surface area contributed by atoms with E-state index in [0.717, 1.165) is 5.56 Å². The number of hydrogen-bond donors (Lipinski definition) is 2. The van der Waals surface area contributed by atoms with Gasteiger partial charge in [-0.05, 0) is 6.07 Å². The van der Waals surface area contributed by atoms with Crippen LogP contribution in [0.5, 0.6) is 0 Å². The summed E-state index contributed by atoms with van der Waals surface area (Å²) in [4.78, 5) is 0. The van der Waals surface area contributed by atoms with Gasteiger partial charge in [0, 0.05) is 24.3 Å². The smallest absolute Gasteiger partial charge is 0.117 e. The highest BCUT2D eigenvalue weighted by atomic mass is 16.5. The van der Waals surface area contributed by atoms with Crippen LogP contribution in [0.3, 0.4) is 0 Å². The Bertz CT molecular complexity index is 306. The van der Waals surface area contributed by atoms with Crippen molar-refractivity contribution in [2.45, 2.75) is 12.0 Å². The van der Waals surface area contributed by atoms with Crippen LogP contribution in [0.15, 0.2) is 24.3 Å². The highest BCUT2D eigenvalue weighted by Crippen LogP contribution is 2.33. The van der Waals surface area contributed by atoms with Gasteiger partial charge in [0.1, 0.15) is 5.60 Å². The highest BCUT2D eigenvalue weighted by molar-refractivity contribution is 5.49. The number of rotatable bonds is 1. The molecule has 1 heterocycles. The Labute approximate surface area is 77.1 Å². The first-order valence-corrected chi connectivity index (χ1v) is 4.37. The van der Waals surface area contributed by atoms with Gasteiger partial charge < -0.3 is 15.6 Å². The summed E-state index contributed by atoms with van der Waals surface area (Å²) in [6.45, 7) is 0.950. The third kappa shape index (κ3) is 1.41. The Kier molecular flexibility index (Phi) is 1.98. The normalized spacial score (nSPS) is 27.8. The Balaban J connectivity index is 2.39. The van der Waals surface area contributed by atoms with E-state index < -0.39 is 5.60 Å². The average molecular weight is 179 g/mol. The molecule has 1 fully saturated rings. The highest BCUT2D eigenvalue weighted by Gasteiger charge is 2.35. The summed E-state index contributed by atoms with van der Waals surface area (Å²) in [6, 6.07) is 7.38. The average Bonchev–Trinajstić information content (AvgIpc) is 2.54. The van der Waals surface area contributed by atoms with Gasteiger partial charge in [-0.3, -0.25) is 0 Å². The second kappa shape index (κ2) is 3.01. The number of ether oxygens (including phenoxy) is 1. The lowest BCUT2D eigenvalue weighted by Crippen LogP contribution is -2.26. The monoisotopic (exact) mass is 179 g/mol. The maximum atomic E-state index is 10.1. The molecule has 3 N–H and O–H groups in total. The molecule has 70 valence electrons. The van der Waals surface area contributed by atoms with Gasteiger partial charge in [0.2, 0.25) is 0 Å². The number of para-hydroxylation sites is 1. The third-order valence-electron chi connectivity index (χ3n) is 2.46. The van der Waals surface area contributed by atoms with Gasteiger partial charge in [-0.15, -0.1) is 0 Å². The van der Waals surface area contributed by atoms with Crippen molar-refractivity contribution in [3.63, 3.8) is 0 Å². The molecule has 0 bridgehead atoms. The van der Waals surface area contributed by atoms with E-state index >= 15 is 0 Å². The van der Waals surface area contributed by atoms with Crippen molar-refractivity contribution in [2.24, 2.45) is 0 Å². The molecule has 0 amide bonds. The minimum Gasteiger partial charge on any atom is -0.398 e. The van der Waals surface area contributed by atoms with Crippen molar-refractivity contribution in [1.82, 2.24) is 0 Å². The van der Waals surface area contributed by atoms with E-state index in [1.54, 1.807) is 6.07 Å². The topological polar surface area (TPSA) is 55.5 Å². The molecule has 0 aromatic heterocycles. The molecule has 1 unspecified atom stereocenters. The second-order valence-electron chi connectivity index (χ2n) is 3.42. The van der Waals surface area contributed by atoms with Crippen molar-refractivity contribution < 1.29 is 9.84 Å². The van der Waals surface area contributed by atoms with E-state index in [1.807, 2.05) is 18.2 Å². The summed E-state index contributed by atoms with van der Waals surface area (Å²) in [6.07, 6.45) is 0.626. The molecular weight excluding hydrogens is 166 g/mol. The van der Waals surface area contributed by atoms with Crippen molar-refractivity contribution in [1.29, 1.82) is 0 Å². The molecule has 0 aliphatic carbocycles. The summed E-state index contributed by atoms with van der Waals surface area (Å²) >= 11 is 0. The number of aliphatic hydroxyl groups is 1. The first kappa shape index (κ1) is 8.53. The first-order valence-electron chi connectivity index (χ1n) is 4.37. The molecule has 3 nitrogen and oxygen atoms in total. The fourth-order valence-electron chi connectivity index (χ4n) is 1.69. The summed E-state index contributed by atoms with van der Waals surface area (Å²) < 4.78 is 5.16. The molecule has 0 saturated carbocycles. The molecule has 1 saturated heterocycles.